The fourth-order valence-corrected chi connectivity index (χ4v) is 3.19. The van der Waals surface area contributed by atoms with Crippen LogP contribution in [-0.2, 0) is 4.79 Å². The molecule has 1 saturated carbocycles. The van der Waals surface area contributed by atoms with Crippen LogP contribution in [0.15, 0.2) is 18.3 Å². The summed E-state index contributed by atoms with van der Waals surface area (Å²) in [5.74, 6) is -1.02. The number of carbonyl (C=O) groups excluding carboxylic acids is 1. The Morgan fingerprint density at radius 3 is 2.70 bits per heavy atom. The Bertz CT molecular complexity index is 533. The zero-order valence-corrected chi connectivity index (χ0v) is 11.7. The fraction of sp³-hybridized carbons (Fsp3) is 0.600. The molecule has 1 aromatic rings. The second-order valence-corrected chi connectivity index (χ2v) is 5.93. The third kappa shape index (κ3) is 2.21. The van der Waals surface area contributed by atoms with Gasteiger partial charge in [-0.15, -0.1) is 0 Å². The quantitative estimate of drug-likeness (QED) is 0.920. The number of amides is 1. The molecule has 2 unspecified atom stereocenters. The van der Waals surface area contributed by atoms with E-state index in [0.717, 1.165) is 25.7 Å². The van der Waals surface area contributed by atoms with Crippen molar-refractivity contribution in [3.05, 3.63) is 24.0 Å². The third-order valence-electron chi connectivity index (χ3n) is 4.39. The number of likely N-dealkylation sites (tertiary alicyclic amines) is 1. The molecule has 0 spiro atoms. The maximum Gasteiger partial charge on any atom is 0.326 e. The monoisotopic (exact) mass is 276 g/mol. The number of carboxylic acids is 1. The Morgan fingerprint density at radius 2 is 2.05 bits per heavy atom. The molecule has 1 aromatic heterocycles. The van der Waals surface area contributed by atoms with Crippen LogP contribution in [0.25, 0.3) is 0 Å². The zero-order valence-electron chi connectivity index (χ0n) is 11.7. The Kier molecular flexibility index (Phi) is 3.28. The molecule has 0 radical (unpaired) electrons. The predicted octanol–water partition coefficient (Wildman–Crippen LogP) is 2.15. The summed E-state index contributed by atoms with van der Waals surface area (Å²) in [6.45, 7) is 2.45. The van der Waals surface area contributed by atoms with Crippen LogP contribution >= 0.6 is 0 Å². The molecular formula is C15H20N2O3. The molecule has 1 aliphatic heterocycles. The average Bonchev–Trinajstić information content (AvgIpc) is 3.14. The zero-order chi connectivity index (χ0) is 14.3. The van der Waals surface area contributed by atoms with Crippen molar-refractivity contribution in [3.63, 3.8) is 0 Å². The Hall–Kier alpha value is -1.78. The molecule has 2 heterocycles. The number of carboxylic acid groups (broad SMARTS) is 1. The van der Waals surface area contributed by atoms with Crippen LogP contribution in [0.1, 0.15) is 49.1 Å². The second kappa shape index (κ2) is 4.96. The molecule has 1 saturated heterocycles. The van der Waals surface area contributed by atoms with Gasteiger partial charge in [-0.3, -0.25) is 4.79 Å². The average molecular weight is 276 g/mol. The first kappa shape index (κ1) is 13.2. The number of nitrogens with zero attached hydrogens (tertiary/aromatic N) is 2. The molecular weight excluding hydrogens is 256 g/mol. The molecule has 2 fully saturated rings. The normalized spacial score (nSPS) is 26.6. The maximum absolute atomic E-state index is 12.7. The van der Waals surface area contributed by atoms with Crippen LogP contribution in [0.3, 0.4) is 0 Å². The van der Waals surface area contributed by atoms with E-state index in [4.69, 9.17) is 0 Å². The molecule has 2 atom stereocenters. The van der Waals surface area contributed by atoms with Gasteiger partial charge in [-0.05, 0) is 43.7 Å². The highest BCUT2D eigenvalue weighted by Gasteiger charge is 2.38. The van der Waals surface area contributed by atoms with Gasteiger partial charge < -0.3 is 14.6 Å². The molecule has 108 valence electrons. The van der Waals surface area contributed by atoms with Crippen molar-refractivity contribution in [2.45, 2.75) is 44.7 Å². The lowest BCUT2D eigenvalue weighted by Crippen LogP contribution is -2.52. The molecule has 0 bridgehead atoms. The summed E-state index contributed by atoms with van der Waals surface area (Å²) < 4.78 is 2.00. The smallest absolute Gasteiger partial charge is 0.326 e. The van der Waals surface area contributed by atoms with Crippen molar-refractivity contribution in [1.29, 1.82) is 0 Å². The Morgan fingerprint density at radius 1 is 1.30 bits per heavy atom. The van der Waals surface area contributed by atoms with E-state index in [1.54, 1.807) is 11.0 Å². The molecule has 1 aliphatic carbocycles. The van der Waals surface area contributed by atoms with Crippen molar-refractivity contribution >= 4 is 11.9 Å². The molecule has 0 aromatic carbocycles. The molecule has 5 nitrogen and oxygen atoms in total. The first-order chi connectivity index (χ1) is 9.59. The molecule has 1 amide bonds. The third-order valence-corrected chi connectivity index (χ3v) is 4.39. The minimum atomic E-state index is -0.893. The highest BCUT2D eigenvalue weighted by Crippen LogP contribution is 2.36. The molecule has 5 heteroatoms. The standard InChI is InChI=1S/C15H20N2O3/c1-10-4-2-9-17(13(10)15(19)20)14(18)12-5-3-8-16(12)11-6-7-11/h3,5,8,10-11,13H,2,4,6-7,9H2,1H3,(H,19,20). The number of carbonyl (C=O) groups is 2. The first-order valence-corrected chi connectivity index (χ1v) is 7.30. The fourth-order valence-electron chi connectivity index (χ4n) is 3.19. The van der Waals surface area contributed by atoms with Crippen LogP contribution in [0, 0.1) is 5.92 Å². The maximum atomic E-state index is 12.7. The lowest BCUT2D eigenvalue weighted by Gasteiger charge is -2.37. The SMILES string of the molecule is CC1CCCN(C(=O)c2cccn2C2CC2)C1C(=O)O. The van der Waals surface area contributed by atoms with Gasteiger partial charge in [-0.2, -0.15) is 0 Å². The summed E-state index contributed by atoms with van der Waals surface area (Å²) in [5, 5.41) is 9.42. The topological polar surface area (TPSA) is 62.5 Å². The lowest BCUT2D eigenvalue weighted by molar-refractivity contribution is -0.145. The van der Waals surface area contributed by atoms with Crippen LogP contribution < -0.4 is 0 Å². The molecule has 20 heavy (non-hydrogen) atoms. The van der Waals surface area contributed by atoms with Crippen LogP contribution in [0.2, 0.25) is 0 Å². The van der Waals surface area contributed by atoms with E-state index in [9.17, 15) is 14.7 Å². The summed E-state index contributed by atoms with van der Waals surface area (Å²) in [7, 11) is 0. The summed E-state index contributed by atoms with van der Waals surface area (Å²) >= 11 is 0. The van der Waals surface area contributed by atoms with E-state index in [-0.39, 0.29) is 11.8 Å². The minimum Gasteiger partial charge on any atom is -0.480 e. The van der Waals surface area contributed by atoms with E-state index in [1.165, 1.54) is 0 Å². The van der Waals surface area contributed by atoms with Gasteiger partial charge in [0.05, 0.1) is 0 Å². The van der Waals surface area contributed by atoms with Crippen LogP contribution in [-0.4, -0.2) is 39.0 Å². The van der Waals surface area contributed by atoms with Crippen molar-refractivity contribution < 1.29 is 14.7 Å². The van der Waals surface area contributed by atoms with Crippen LogP contribution in [0.5, 0.6) is 0 Å². The summed E-state index contributed by atoms with van der Waals surface area (Å²) in [5.41, 5.74) is 0.632. The predicted molar refractivity (Wildman–Crippen MR) is 73.6 cm³/mol. The van der Waals surface area contributed by atoms with Crippen molar-refractivity contribution in [3.8, 4) is 0 Å². The highest BCUT2D eigenvalue weighted by atomic mass is 16.4. The van der Waals surface area contributed by atoms with Gasteiger partial charge in [-0.25, -0.2) is 4.79 Å². The second-order valence-electron chi connectivity index (χ2n) is 5.93. The van der Waals surface area contributed by atoms with Gasteiger partial charge >= 0.3 is 5.97 Å². The molecule has 3 rings (SSSR count). The largest absolute Gasteiger partial charge is 0.480 e. The first-order valence-electron chi connectivity index (χ1n) is 7.30. The van der Waals surface area contributed by atoms with Gasteiger partial charge in [-0.1, -0.05) is 6.92 Å². The van der Waals surface area contributed by atoms with E-state index in [0.29, 0.717) is 18.3 Å². The van der Waals surface area contributed by atoms with Gasteiger partial charge in [0.2, 0.25) is 0 Å². The summed E-state index contributed by atoms with van der Waals surface area (Å²) in [4.78, 5) is 25.7. The Balaban J connectivity index is 1.87. The van der Waals surface area contributed by atoms with Crippen molar-refractivity contribution in [1.82, 2.24) is 9.47 Å². The van der Waals surface area contributed by atoms with E-state index in [1.807, 2.05) is 23.8 Å². The lowest BCUT2D eigenvalue weighted by atomic mass is 9.90. The van der Waals surface area contributed by atoms with Crippen molar-refractivity contribution in [2.75, 3.05) is 6.54 Å². The minimum absolute atomic E-state index is 0.00883. The number of rotatable bonds is 3. The molecule has 1 N–H and O–H groups in total. The van der Waals surface area contributed by atoms with Gasteiger partial charge in [0.15, 0.2) is 0 Å². The van der Waals surface area contributed by atoms with Gasteiger partial charge in [0.25, 0.3) is 5.91 Å². The number of hydrogen-bond acceptors (Lipinski definition) is 2. The summed E-state index contributed by atoms with van der Waals surface area (Å²) in [6.07, 6.45) is 5.88. The van der Waals surface area contributed by atoms with Crippen molar-refractivity contribution in [2.24, 2.45) is 5.92 Å². The number of piperidine rings is 1. The van der Waals surface area contributed by atoms with E-state index < -0.39 is 12.0 Å². The number of aromatic nitrogens is 1. The van der Waals surface area contributed by atoms with E-state index >= 15 is 0 Å². The Labute approximate surface area is 118 Å². The highest BCUT2D eigenvalue weighted by molar-refractivity contribution is 5.95. The number of hydrogen-bond donors (Lipinski definition) is 1. The number of aliphatic carboxylic acids is 1. The summed E-state index contributed by atoms with van der Waals surface area (Å²) in [6, 6.07) is 3.40. The van der Waals surface area contributed by atoms with Gasteiger partial charge in [0.1, 0.15) is 11.7 Å². The van der Waals surface area contributed by atoms with E-state index in [2.05, 4.69) is 0 Å². The molecule has 2 aliphatic rings. The van der Waals surface area contributed by atoms with Gasteiger partial charge in [0, 0.05) is 18.8 Å². The van der Waals surface area contributed by atoms with Crippen LogP contribution in [0.4, 0.5) is 0 Å².